The molecule has 2 heterocycles. The number of aromatic nitrogens is 2. The van der Waals surface area contributed by atoms with Crippen molar-refractivity contribution in [1.29, 1.82) is 0 Å². The van der Waals surface area contributed by atoms with Crippen LogP contribution in [0.3, 0.4) is 0 Å². The molecular weight excluding hydrogens is 322 g/mol. The quantitative estimate of drug-likeness (QED) is 0.571. The molecule has 21 heavy (non-hydrogen) atoms. The molecule has 0 N–H and O–H groups in total. The van der Waals surface area contributed by atoms with Crippen molar-refractivity contribution in [2.24, 2.45) is 5.92 Å². The molecule has 1 unspecified atom stereocenters. The van der Waals surface area contributed by atoms with Gasteiger partial charge >= 0.3 is 5.97 Å². The van der Waals surface area contributed by atoms with E-state index in [4.69, 9.17) is 10.7 Å². The van der Waals surface area contributed by atoms with E-state index in [0.29, 0.717) is 0 Å². The van der Waals surface area contributed by atoms with E-state index in [1.165, 1.54) is 24.4 Å². The summed E-state index contributed by atoms with van der Waals surface area (Å²) in [5, 5.41) is 0. The maximum absolute atomic E-state index is 12.0. The number of carbonyl (C=O) groups excluding carboxylic acids is 2. The zero-order chi connectivity index (χ0) is 15.6. The van der Waals surface area contributed by atoms with Crippen molar-refractivity contribution < 1.29 is 22.7 Å². The zero-order valence-corrected chi connectivity index (χ0v) is 12.6. The van der Waals surface area contributed by atoms with Gasteiger partial charge in [0.1, 0.15) is 0 Å². The molecule has 1 aromatic rings. The Bertz CT molecular complexity index is 678. The molecule has 1 fully saturated rings. The maximum Gasteiger partial charge on any atom is 0.360 e. The van der Waals surface area contributed by atoms with Crippen LogP contribution >= 0.6 is 10.7 Å². The fourth-order valence-corrected chi connectivity index (χ4v) is 3.47. The number of carbonyl (C=O) groups is 2. The number of amides is 1. The lowest BCUT2D eigenvalue weighted by Gasteiger charge is -2.17. The molecule has 1 aliphatic rings. The summed E-state index contributed by atoms with van der Waals surface area (Å²) in [5.74, 6) is -1.77. The monoisotopic (exact) mass is 333 g/mol. The second kappa shape index (κ2) is 5.94. The van der Waals surface area contributed by atoms with Crippen molar-refractivity contribution in [3.63, 3.8) is 0 Å². The van der Waals surface area contributed by atoms with Crippen molar-refractivity contribution in [3.05, 3.63) is 18.1 Å². The molecule has 0 radical (unpaired) electrons. The number of esters is 1. The number of halogens is 1. The number of ether oxygens (including phenoxy) is 1. The van der Waals surface area contributed by atoms with Gasteiger partial charge in [0.15, 0.2) is 11.5 Å². The van der Waals surface area contributed by atoms with Gasteiger partial charge in [-0.2, -0.15) is 0 Å². The van der Waals surface area contributed by atoms with Gasteiger partial charge in [0, 0.05) is 42.0 Å². The first-order chi connectivity index (χ1) is 9.81. The fourth-order valence-electron chi connectivity index (χ4n) is 2.15. The molecule has 10 heteroatoms. The molecule has 0 saturated carbocycles. The van der Waals surface area contributed by atoms with Gasteiger partial charge in [-0.15, -0.1) is 0 Å². The Morgan fingerprint density at radius 1 is 1.48 bits per heavy atom. The van der Waals surface area contributed by atoms with E-state index in [1.807, 2.05) is 0 Å². The highest BCUT2D eigenvalue weighted by atomic mass is 35.7. The minimum Gasteiger partial charge on any atom is -0.464 e. The lowest BCUT2D eigenvalue weighted by atomic mass is 10.1. The van der Waals surface area contributed by atoms with Crippen LogP contribution in [0.4, 0.5) is 5.82 Å². The van der Waals surface area contributed by atoms with Gasteiger partial charge in [-0.25, -0.2) is 23.2 Å². The van der Waals surface area contributed by atoms with Gasteiger partial charge in [-0.05, 0) is 0 Å². The van der Waals surface area contributed by atoms with Crippen molar-refractivity contribution in [1.82, 2.24) is 9.97 Å². The second-order valence-electron chi connectivity index (χ2n) is 4.50. The largest absolute Gasteiger partial charge is 0.464 e. The Kier molecular flexibility index (Phi) is 4.43. The van der Waals surface area contributed by atoms with Crippen LogP contribution in [0.25, 0.3) is 0 Å². The third-order valence-corrected chi connectivity index (χ3v) is 4.20. The molecule has 1 atom stereocenters. The summed E-state index contributed by atoms with van der Waals surface area (Å²) in [6, 6.07) is 0. The summed E-state index contributed by atoms with van der Waals surface area (Å²) in [6.45, 7) is 0.105. The minimum atomic E-state index is -3.70. The number of hydrogen-bond donors (Lipinski definition) is 0. The molecule has 8 nitrogen and oxygen atoms in total. The van der Waals surface area contributed by atoms with E-state index < -0.39 is 20.9 Å². The second-order valence-corrected chi connectivity index (χ2v) is 7.32. The van der Waals surface area contributed by atoms with Crippen LogP contribution in [0.5, 0.6) is 0 Å². The summed E-state index contributed by atoms with van der Waals surface area (Å²) in [5.41, 5.74) is -0.0947. The minimum absolute atomic E-state index is 0.0170. The first-order valence-electron chi connectivity index (χ1n) is 5.94. The van der Waals surface area contributed by atoms with Gasteiger partial charge in [-0.1, -0.05) is 0 Å². The van der Waals surface area contributed by atoms with E-state index in [2.05, 4.69) is 14.7 Å². The number of anilines is 1. The molecule has 1 saturated heterocycles. The lowest BCUT2D eigenvalue weighted by Crippen LogP contribution is -2.29. The van der Waals surface area contributed by atoms with Crippen molar-refractivity contribution in [2.45, 2.75) is 6.42 Å². The predicted molar refractivity (Wildman–Crippen MR) is 73.5 cm³/mol. The van der Waals surface area contributed by atoms with Crippen molar-refractivity contribution in [3.8, 4) is 0 Å². The Hall–Kier alpha value is -1.74. The van der Waals surface area contributed by atoms with Gasteiger partial charge < -0.3 is 4.74 Å². The molecule has 1 aromatic heterocycles. The molecule has 1 amide bonds. The Morgan fingerprint density at radius 3 is 2.76 bits per heavy atom. The van der Waals surface area contributed by atoms with Crippen molar-refractivity contribution in [2.75, 3.05) is 24.3 Å². The smallest absolute Gasteiger partial charge is 0.360 e. The van der Waals surface area contributed by atoms with E-state index in [9.17, 15) is 18.0 Å². The number of hydrogen-bond acceptors (Lipinski definition) is 7. The summed E-state index contributed by atoms with van der Waals surface area (Å²) < 4.78 is 26.8. The third-order valence-electron chi connectivity index (χ3n) is 2.95. The number of nitrogens with zero attached hydrogens (tertiary/aromatic N) is 3. The molecule has 0 bridgehead atoms. The number of rotatable bonds is 4. The molecule has 2 rings (SSSR count). The summed E-state index contributed by atoms with van der Waals surface area (Å²) in [6.07, 6.45) is 2.65. The average molecular weight is 334 g/mol. The molecule has 0 spiro atoms. The Morgan fingerprint density at radius 2 is 2.14 bits per heavy atom. The van der Waals surface area contributed by atoms with Crippen LogP contribution in [0.2, 0.25) is 0 Å². The molecule has 0 aliphatic carbocycles. The highest BCUT2D eigenvalue weighted by molar-refractivity contribution is 8.13. The summed E-state index contributed by atoms with van der Waals surface area (Å²) in [4.78, 5) is 32.7. The average Bonchev–Trinajstić information content (AvgIpc) is 2.76. The highest BCUT2D eigenvalue weighted by Crippen LogP contribution is 2.27. The molecular formula is C11H12ClN3O5S. The maximum atomic E-state index is 12.0. The Balaban J connectivity index is 2.27. The first-order valence-corrected chi connectivity index (χ1v) is 8.41. The van der Waals surface area contributed by atoms with Gasteiger partial charge in [0.05, 0.1) is 12.9 Å². The van der Waals surface area contributed by atoms with Crippen molar-refractivity contribution >= 4 is 37.4 Å². The zero-order valence-electron chi connectivity index (χ0n) is 11.0. The molecule has 1 aliphatic heterocycles. The molecule has 0 aromatic carbocycles. The summed E-state index contributed by atoms with van der Waals surface area (Å²) >= 11 is 0. The van der Waals surface area contributed by atoms with Gasteiger partial charge in [0.25, 0.3) is 0 Å². The van der Waals surface area contributed by atoms with Crippen LogP contribution in [0.15, 0.2) is 12.4 Å². The van der Waals surface area contributed by atoms with E-state index in [-0.39, 0.29) is 36.1 Å². The van der Waals surface area contributed by atoms with Gasteiger partial charge in [0.2, 0.25) is 15.0 Å². The topological polar surface area (TPSA) is 107 Å². The first kappa shape index (κ1) is 15.6. The number of methoxy groups -OCH3 is 1. The van der Waals surface area contributed by atoms with Crippen LogP contribution in [-0.4, -0.2) is 49.7 Å². The highest BCUT2D eigenvalue weighted by Gasteiger charge is 2.36. The van der Waals surface area contributed by atoms with Crippen LogP contribution in [0, 0.1) is 5.92 Å². The van der Waals surface area contributed by atoms with E-state index in [0.717, 1.165) is 0 Å². The lowest BCUT2D eigenvalue weighted by molar-refractivity contribution is -0.117. The predicted octanol–water partition coefficient (Wildman–Crippen LogP) is 0.185. The van der Waals surface area contributed by atoms with Crippen LogP contribution < -0.4 is 4.90 Å². The summed E-state index contributed by atoms with van der Waals surface area (Å²) in [7, 11) is 2.69. The van der Waals surface area contributed by atoms with Crippen LogP contribution in [-0.2, 0) is 18.6 Å². The van der Waals surface area contributed by atoms with E-state index in [1.54, 1.807) is 0 Å². The normalized spacial score (nSPS) is 18.9. The third kappa shape index (κ3) is 3.67. The van der Waals surface area contributed by atoms with Crippen LogP contribution in [0.1, 0.15) is 16.9 Å². The standard InChI is InChI=1S/C11H12ClN3O5S/c1-20-11(17)9-10(14-3-2-13-9)15-5-7(4-8(15)16)6-21(12,18)19/h2-3,7H,4-6H2,1H3. The Labute approximate surface area is 125 Å². The van der Waals surface area contributed by atoms with Gasteiger partial charge in [-0.3, -0.25) is 9.69 Å². The van der Waals surface area contributed by atoms with E-state index >= 15 is 0 Å². The molecule has 114 valence electrons. The fraction of sp³-hybridized carbons (Fsp3) is 0.455. The SMILES string of the molecule is COC(=O)c1nccnc1N1CC(CS(=O)(=O)Cl)CC1=O.